The van der Waals surface area contributed by atoms with Crippen LogP contribution in [0.15, 0.2) is 30.3 Å². The lowest BCUT2D eigenvalue weighted by Crippen LogP contribution is -2.69. The van der Waals surface area contributed by atoms with Crippen LogP contribution in [-0.2, 0) is 22.4 Å². The summed E-state index contributed by atoms with van der Waals surface area (Å²) in [5, 5.41) is 13.7. The van der Waals surface area contributed by atoms with Gasteiger partial charge in [0.05, 0.1) is 12.2 Å². The van der Waals surface area contributed by atoms with E-state index in [1.807, 2.05) is 11.4 Å². The molecule has 3 rings (SSSR count). The third-order valence-electron chi connectivity index (χ3n) is 6.25. The standard InChI is InChI=1S/C25H28F3N3O3S/c1-5-34-22(33)24(25(26,27)28,30-20(32)15-9-7-6-8-10-15)31-21-18(14-29)17-12-11-16(23(2,3)4)13-19(17)35-21/h6-10,16,31H,5,11-13H2,1-4H3,(H,30,32). The Morgan fingerprint density at radius 1 is 1.20 bits per heavy atom. The molecule has 0 aliphatic heterocycles. The van der Waals surface area contributed by atoms with Gasteiger partial charge in [-0.05, 0) is 55.2 Å². The number of hydrogen-bond donors (Lipinski definition) is 2. The summed E-state index contributed by atoms with van der Waals surface area (Å²) in [5.41, 5.74) is -2.91. The van der Waals surface area contributed by atoms with E-state index in [0.29, 0.717) is 24.3 Å². The second-order valence-electron chi connectivity index (χ2n) is 9.54. The van der Waals surface area contributed by atoms with Crippen LogP contribution >= 0.6 is 11.3 Å². The predicted molar refractivity (Wildman–Crippen MR) is 127 cm³/mol. The van der Waals surface area contributed by atoms with Crippen molar-refractivity contribution >= 4 is 28.2 Å². The van der Waals surface area contributed by atoms with E-state index in [2.05, 4.69) is 26.1 Å². The molecule has 0 fully saturated rings. The number of carbonyl (C=O) groups excluding carboxylic acids is 2. The molecular weight excluding hydrogens is 479 g/mol. The Balaban J connectivity index is 2.09. The van der Waals surface area contributed by atoms with E-state index in [0.717, 1.165) is 22.6 Å². The molecule has 0 saturated carbocycles. The molecular formula is C25H28F3N3O3S. The van der Waals surface area contributed by atoms with Crippen molar-refractivity contribution in [3.63, 3.8) is 0 Å². The van der Waals surface area contributed by atoms with Gasteiger partial charge in [0, 0.05) is 10.4 Å². The topological polar surface area (TPSA) is 91.2 Å². The Labute approximate surface area is 206 Å². The van der Waals surface area contributed by atoms with Gasteiger partial charge >= 0.3 is 17.8 Å². The zero-order chi connectivity index (χ0) is 26.0. The molecule has 1 aliphatic carbocycles. The molecule has 1 aromatic heterocycles. The molecule has 35 heavy (non-hydrogen) atoms. The van der Waals surface area contributed by atoms with Gasteiger partial charge in [0.1, 0.15) is 11.1 Å². The largest absolute Gasteiger partial charge is 0.463 e. The van der Waals surface area contributed by atoms with E-state index in [1.165, 1.54) is 31.2 Å². The lowest BCUT2D eigenvalue weighted by Gasteiger charge is -2.35. The number of esters is 1. The van der Waals surface area contributed by atoms with Gasteiger partial charge in [0.15, 0.2) is 0 Å². The number of rotatable bonds is 6. The maximum atomic E-state index is 14.6. The SMILES string of the molecule is CCOC(=O)C(NC(=O)c1ccccc1)(Nc1sc2c(c1C#N)CCC(C(C)(C)C)C2)C(F)(F)F. The molecule has 10 heteroatoms. The monoisotopic (exact) mass is 507 g/mol. The second-order valence-corrected chi connectivity index (χ2v) is 10.6. The average Bonchev–Trinajstić information content (AvgIpc) is 3.13. The molecule has 2 atom stereocenters. The highest BCUT2D eigenvalue weighted by atomic mass is 32.1. The summed E-state index contributed by atoms with van der Waals surface area (Å²) in [4.78, 5) is 26.4. The molecule has 6 nitrogen and oxygen atoms in total. The first-order chi connectivity index (χ1) is 16.3. The molecule has 0 saturated heterocycles. The number of fused-ring (bicyclic) bond motifs is 1. The van der Waals surface area contributed by atoms with E-state index in [4.69, 9.17) is 4.74 Å². The molecule has 1 aliphatic rings. The van der Waals surface area contributed by atoms with Crippen LogP contribution in [0.25, 0.3) is 0 Å². The van der Waals surface area contributed by atoms with Gasteiger partial charge in [-0.15, -0.1) is 11.3 Å². The Hall–Kier alpha value is -3.06. The van der Waals surface area contributed by atoms with Crippen LogP contribution in [0.3, 0.4) is 0 Å². The van der Waals surface area contributed by atoms with E-state index >= 15 is 0 Å². The zero-order valence-corrected chi connectivity index (χ0v) is 20.8. The summed E-state index contributed by atoms with van der Waals surface area (Å²) < 4.78 is 48.5. The summed E-state index contributed by atoms with van der Waals surface area (Å²) in [6, 6.07) is 9.27. The Morgan fingerprint density at radius 2 is 1.86 bits per heavy atom. The van der Waals surface area contributed by atoms with Crippen LogP contribution in [0, 0.1) is 22.7 Å². The first-order valence-corrected chi connectivity index (χ1v) is 12.1. The highest BCUT2D eigenvalue weighted by molar-refractivity contribution is 7.16. The minimum absolute atomic E-state index is 0.00754. The summed E-state index contributed by atoms with van der Waals surface area (Å²) >= 11 is 1.02. The highest BCUT2D eigenvalue weighted by Crippen LogP contribution is 2.45. The summed E-state index contributed by atoms with van der Waals surface area (Å²) in [6.07, 6.45) is -3.31. The molecule has 0 spiro atoms. The highest BCUT2D eigenvalue weighted by Gasteiger charge is 2.64. The zero-order valence-electron chi connectivity index (χ0n) is 20.0. The number of nitrogens with zero attached hydrogens (tertiary/aromatic N) is 1. The van der Waals surface area contributed by atoms with Gasteiger partial charge in [0.2, 0.25) is 0 Å². The summed E-state index contributed by atoms with van der Waals surface area (Å²) in [6.45, 7) is 7.35. The third kappa shape index (κ3) is 5.30. The Bertz CT molecular complexity index is 1130. The van der Waals surface area contributed by atoms with Gasteiger partial charge < -0.3 is 15.4 Å². The lowest BCUT2D eigenvalue weighted by atomic mass is 9.72. The van der Waals surface area contributed by atoms with Gasteiger partial charge in [0.25, 0.3) is 5.91 Å². The van der Waals surface area contributed by atoms with E-state index in [1.54, 1.807) is 6.07 Å². The lowest BCUT2D eigenvalue weighted by molar-refractivity contribution is -0.204. The van der Waals surface area contributed by atoms with Crippen molar-refractivity contribution in [1.82, 2.24) is 5.32 Å². The summed E-state index contributed by atoms with van der Waals surface area (Å²) in [5.74, 6) is -2.53. The molecule has 188 valence electrons. The fraction of sp³-hybridized carbons (Fsp3) is 0.480. The third-order valence-corrected chi connectivity index (χ3v) is 7.42. The van der Waals surface area contributed by atoms with Crippen molar-refractivity contribution in [3.8, 4) is 6.07 Å². The van der Waals surface area contributed by atoms with Gasteiger partial charge in [-0.3, -0.25) is 4.79 Å². The van der Waals surface area contributed by atoms with Crippen molar-refractivity contribution in [2.45, 2.75) is 58.8 Å². The van der Waals surface area contributed by atoms with Gasteiger partial charge in [-0.25, -0.2) is 4.79 Å². The normalized spacial score (nSPS) is 17.5. The van der Waals surface area contributed by atoms with Crippen LogP contribution in [0.5, 0.6) is 0 Å². The Morgan fingerprint density at radius 3 is 2.40 bits per heavy atom. The van der Waals surface area contributed by atoms with E-state index < -0.39 is 23.7 Å². The molecule has 1 aromatic carbocycles. The molecule has 1 amide bonds. The number of amides is 1. The van der Waals surface area contributed by atoms with Crippen molar-refractivity contribution in [1.29, 1.82) is 5.26 Å². The fourth-order valence-corrected chi connectivity index (χ4v) is 5.50. The number of halogens is 3. The smallest absolute Gasteiger partial charge is 0.441 e. The molecule has 0 radical (unpaired) electrons. The van der Waals surface area contributed by atoms with Crippen molar-refractivity contribution in [2.75, 3.05) is 11.9 Å². The first-order valence-electron chi connectivity index (χ1n) is 11.3. The fourth-order valence-electron chi connectivity index (χ4n) is 4.16. The number of benzene rings is 1. The number of nitrogens with one attached hydrogen (secondary N) is 2. The quantitative estimate of drug-likeness (QED) is 0.402. The van der Waals surface area contributed by atoms with Gasteiger partial charge in [-0.2, -0.15) is 18.4 Å². The minimum atomic E-state index is -5.28. The van der Waals surface area contributed by atoms with Crippen LogP contribution in [0.4, 0.5) is 18.2 Å². The van der Waals surface area contributed by atoms with Crippen LogP contribution in [0.1, 0.15) is 60.5 Å². The molecule has 0 bridgehead atoms. The number of alkyl halides is 3. The number of carbonyl (C=O) groups is 2. The maximum Gasteiger partial charge on any atom is 0.441 e. The Kier molecular flexibility index (Phi) is 7.50. The van der Waals surface area contributed by atoms with E-state index in [9.17, 15) is 28.0 Å². The number of hydrogen-bond acceptors (Lipinski definition) is 6. The van der Waals surface area contributed by atoms with Crippen molar-refractivity contribution in [2.24, 2.45) is 11.3 Å². The molecule has 2 unspecified atom stereocenters. The first kappa shape index (κ1) is 26.5. The maximum absolute atomic E-state index is 14.6. The number of nitriles is 1. The minimum Gasteiger partial charge on any atom is -0.463 e. The summed E-state index contributed by atoms with van der Waals surface area (Å²) in [7, 11) is 0. The number of anilines is 1. The predicted octanol–water partition coefficient (Wildman–Crippen LogP) is 5.43. The van der Waals surface area contributed by atoms with Crippen LogP contribution in [-0.4, -0.2) is 30.3 Å². The van der Waals surface area contributed by atoms with E-state index in [-0.39, 0.29) is 28.1 Å². The van der Waals surface area contributed by atoms with Gasteiger partial charge in [-0.1, -0.05) is 39.0 Å². The van der Waals surface area contributed by atoms with Crippen LogP contribution in [0.2, 0.25) is 0 Å². The second kappa shape index (κ2) is 9.90. The number of thiophene rings is 1. The van der Waals surface area contributed by atoms with Crippen molar-refractivity contribution < 1.29 is 27.5 Å². The van der Waals surface area contributed by atoms with Crippen molar-refractivity contribution in [3.05, 3.63) is 51.9 Å². The molecule has 2 aromatic rings. The average molecular weight is 508 g/mol. The number of ether oxygens (including phenoxy) is 1. The molecule has 2 N–H and O–H groups in total. The molecule has 1 heterocycles. The van der Waals surface area contributed by atoms with Crippen LogP contribution < -0.4 is 10.6 Å².